The minimum atomic E-state index is 0. The lowest BCUT2D eigenvalue weighted by Gasteiger charge is -2.25. The highest BCUT2D eigenvalue weighted by molar-refractivity contribution is 5.85. The van der Waals surface area contributed by atoms with Crippen molar-refractivity contribution < 1.29 is 4.79 Å². The van der Waals surface area contributed by atoms with E-state index in [0.717, 1.165) is 45.2 Å². The highest BCUT2D eigenvalue weighted by atomic mass is 35.5. The zero-order chi connectivity index (χ0) is 14.4. The molecule has 4 heteroatoms. The lowest BCUT2D eigenvalue weighted by atomic mass is 10.0. The maximum atomic E-state index is 12.4. The number of halogens is 1. The van der Waals surface area contributed by atoms with E-state index in [2.05, 4.69) is 36.1 Å². The average Bonchev–Trinajstić information content (AvgIpc) is 2.93. The molecule has 1 aliphatic rings. The van der Waals surface area contributed by atoms with Gasteiger partial charge in [-0.3, -0.25) is 4.79 Å². The fraction of sp³-hybridized carbons (Fsp3) is 0.588. The minimum absolute atomic E-state index is 0. The molecule has 0 spiro atoms. The Bertz CT molecular complexity index is 450. The van der Waals surface area contributed by atoms with E-state index >= 15 is 0 Å². The Kier molecular flexibility index (Phi) is 7.76. The molecule has 118 valence electrons. The summed E-state index contributed by atoms with van der Waals surface area (Å²) >= 11 is 0. The van der Waals surface area contributed by atoms with Crippen LogP contribution in [0.4, 0.5) is 0 Å². The number of hydrogen-bond acceptors (Lipinski definition) is 2. The van der Waals surface area contributed by atoms with Crippen molar-refractivity contribution in [2.45, 2.75) is 51.5 Å². The number of hydrogen-bond donors (Lipinski definition) is 1. The van der Waals surface area contributed by atoms with Gasteiger partial charge in [-0.15, -0.1) is 12.4 Å². The second kappa shape index (κ2) is 9.06. The average molecular weight is 311 g/mol. The quantitative estimate of drug-likeness (QED) is 0.816. The van der Waals surface area contributed by atoms with Crippen LogP contribution in [-0.4, -0.2) is 23.9 Å². The minimum Gasteiger partial charge on any atom is -0.336 e. The van der Waals surface area contributed by atoms with Crippen molar-refractivity contribution in [3.63, 3.8) is 0 Å². The number of nitrogens with zero attached hydrogens (tertiary/aromatic N) is 1. The Labute approximate surface area is 134 Å². The molecule has 1 aromatic carbocycles. The topological polar surface area (TPSA) is 46.3 Å². The summed E-state index contributed by atoms with van der Waals surface area (Å²) in [5.41, 5.74) is 8.04. The summed E-state index contributed by atoms with van der Waals surface area (Å²) in [4.78, 5) is 14.5. The summed E-state index contributed by atoms with van der Waals surface area (Å²) in [7, 11) is 0. The summed E-state index contributed by atoms with van der Waals surface area (Å²) in [5.74, 6) is 0.311. The van der Waals surface area contributed by atoms with Gasteiger partial charge in [0.1, 0.15) is 0 Å². The van der Waals surface area contributed by atoms with Gasteiger partial charge in [0.05, 0.1) is 6.04 Å². The van der Waals surface area contributed by atoms with Crippen LogP contribution in [0, 0.1) is 6.92 Å². The van der Waals surface area contributed by atoms with Crippen molar-refractivity contribution in [1.29, 1.82) is 0 Å². The first-order chi connectivity index (χ1) is 9.72. The molecule has 0 radical (unpaired) electrons. The van der Waals surface area contributed by atoms with Crippen LogP contribution in [0.25, 0.3) is 0 Å². The van der Waals surface area contributed by atoms with Crippen LogP contribution >= 0.6 is 12.4 Å². The third-order valence-electron chi connectivity index (χ3n) is 4.09. The van der Waals surface area contributed by atoms with Crippen molar-refractivity contribution in [2.75, 3.05) is 13.1 Å². The zero-order valence-electron chi connectivity index (χ0n) is 12.9. The van der Waals surface area contributed by atoms with Gasteiger partial charge in [0, 0.05) is 13.0 Å². The van der Waals surface area contributed by atoms with Gasteiger partial charge in [0.25, 0.3) is 0 Å². The van der Waals surface area contributed by atoms with Crippen LogP contribution < -0.4 is 5.73 Å². The summed E-state index contributed by atoms with van der Waals surface area (Å²) in [6.07, 6.45) is 5.93. The van der Waals surface area contributed by atoms with Gasteiger partial charge in [-0.25, -0.2) is 0 Å². The van der Waals surface area contributed by atoms with Crippen molar-refractivity contribution in [1.82, 2.24) is 4.90 Å². The van der Waals surface area contributed by atoms with Gasteiger partial charge in [0.15, 0.2) is 0 Å². The van der Waals surface area contributed by atoms with Crippen LogP contribution in [0.5, 0.6) is 0 Å². The third-order valence-corrected chi connectivity index (χ3v) is 4.09. The van der Waals surface area contributed by atoms with E-state index in [1.54, 1.807) is 0 Å². The molecule has 3 nitrogen and oxygen atoms in total. The van der Waals surface area contributed by atoms with Crippen LogP contribution in [0.2, 0.25) is 0 Å². The Balaban J connectivity index is 0.00000220. The second-order valence-corrected chi connectivity index (χ2v) is 5.76. The molecule has 1 aromatic rings. The number of rotatable bonds is 6. The molecule has 1 aliphatic heterocycles. The van der Waals surface area contributed by atoms with Gasteiger partial charge in [-0.2, -0.15) is 0 Å². The van der Waals surface area contributed by atoms with E-state index in [-0.39, 0.29) is 18.4 Å². The summed E-state index contributed by atoms with van der Waals surface area (Å²) in [5, 5.41) is 0. The molecule has 0 aliphatic carbocycles. The number of nitrogens with two attached hydrogens (primary N) is 1. The number of carbonyl (C=O) groups is 1. The largest absolute Gasteiger partial charge is 0.336 e. The van der Waals surface area contributed by atoms with E-state index in [1.807, 2.05) is 0 Å². The van der Waals surface area contributed by atoms with Gasteiger partial charge in [-0.1, -0.05) is 36.2 Å². The molecule has 0 aromatic heterocycles. The predicted octanol–water partition coefficient (Wildman–Crippen LogP) is 3.60. The van der Waals surface area contributed by atoms with Crippen LogP contribution in [-0.2, 0) is 4.79 Å². The number of carbonyl (C=O) groups excluding carboxylic acids is 1. The maximum Gasteiger partial charge on any atom is 0.223 e. The Morgan fingerprint density at radius 2 is 2.14 bits per heavy atom. The molecule has 0 saturated carbocycles. The molecule has 1 unspecified atom stereocenters. The van der Waals surface area contributed by atoms with Gasteiger partial charge in [-0.05, 0) is 44.7 Å². The molecule has 1 atom stereocenters. The smallest absolute Gasteiger partial charge is 0.223 e. The first kappa shape index (κ1) is 18.0. The fourth-order valence-corrected chi connectivity index (χ4v) is 3.03. The van der Waals surface area contributed by atoms with Crippen LogP contribution in [0.15, 0.2) is 24.3 Å². The molecule has 2 rings (SSSR count). The first-order valence-electron chi connectivity index (χ1n) is 7.78. The van der Waals surface area contributed by atoms with Crippen LogP contribution in [0.3, 0.4) is 0 Å². The van der Waals surface area contributed by atoms with E-state index in [1.165, 1.54) is 11.1 Å². The normalized spacial score (nSPS) is 17.6. The molecule has 1 heterocycles. The molecular weight excluding hydrogens is 284 g/mol. The third kappa shape index (κ3) is 5.01. The van der Waals surface area contributed by atoms with Crippen molar-refractivity contribution >= 4 is 18.3 Å². The SMILES string of the molecule is Cc1cccc(C2CCCN2C(=O)CCCCCN)c1.Cl. The number of unbranched alkanes of at least 4 members (excludes halogenated alkanes) is 2. The number of benzene rings is 1. The molecular formula is C17H27ClN2O. The standard InChI is InChI=1S/C17H26N2O.ClH/c1-14-7-5-8-15(13-14)16-9-6-12-19(16)17(20)10-3-2-4-11-18;/h5,7-8,13,16H,2-4,6,9-12,18H2,1H3;1H. The number of amides is 1. The molecule has 2 N–H and O–H groups in total. The van der Waals surface area contributed by atoms with E-state index in [0.29, 0.717) is 12.3 Å². The van der Waals surface area contributed by atoms with Crippen molar-refractivity contribution in [3.05, 3.63) is 35.4 Å². The molecule has 1 saturated heterocycles. The zero-order valence-corrected chi connectivity index (χ0v) is 13.7. The van der Waals surface area contributed by atoms with Crippen LogP contribution in [0.1, 0.15) is 55.7 Å². The second-order valence-electron chi connectivity index (χ2n) is 5.76. The first-order valence-corrected chi connectivity index (χ1v) is 7.78. The molecule has 21 heavy (non-hydrogen) atoms. The highest BCUT2D eigenvalue weighted by Gasteiger charge is 2.29. The van der Waals surface area contributed by atoms with E-state index in [9.17, 15) is 4.79 Å². The maximum absolute atomic E-state index is 12.4. The Morgan fingerprint density at radius 1 is 1.33 bits per heavy atom. The fourth-order valence-electron chi connectivity index (χ4n) is 3.03. The highest BCUT2D eigenvalue weighted by Crippen LogP contribution is 2.32. The van der Waals surface area contributed by atoms with Gasteiger partial charge in [0.2, 0.25) is 5.91 Å². The molecule has 0 bridgehead atoms. The number of aryl methyl sites for hydroxylation is 1. The lowest BCUT2D eigenvalue weighted by molar-refractivity contribution is -0.132. The Hall–Kier alpha value is -1.06. The summed E-state index contributed by atoms with van der Waals surface area (Å²) < 4.78 is 0. The summed E-state index contributed by atoms with van der Waals surface area (Å²) in [6.45, 7) is 3.75. The summed E-state index contributed by atoms with van der Waals surface area (Å²) in [6, 6.07) is 8.85. The van der Waals surface area contributed by atoms with Gasteiger partial charge < -0.3 is 10.6 Å². The Morgan fingerprint density at radius 3 is 2.86 bits per heavy atom. The predicted molar refractivity (Wildman–Crippen MR) is 89.6 cm³/mol. The van der Waals surface area contributed by atoms with Crippen molar-refractivity contribution in [3.8, 4) is 0 Å². The monoisotopic (exact) mass is 310 g/mol. The van der Waals surface area contributed by atoms with E-state index in [4.69, 9.17) is 5.73 Å². The van der Waals surface area contributed by atoms with Gasteiger partial charge >= 0.3 is 0 Å². The molecule has 1 fully saturated rings. The van der Waals surface area contributed by atoms with E-state index < -0.39 is 0 Å². The lowest BCUT2D eigenvalue weighted by Crippen LogP contribution is -2.30. The number of likely N-dealkylation sites (tertiary alicyclic amines) is 1. The van der Waals surface area contributed by atoms with Crippen molar-refractivity contribution in [2.24, 2.45) is 5.73 Å². The molecule has 1 amide bonds.